The number of methoxy groups -OCH3 is 1. The Hall–Kier alpha value is -1.43. The second-order valence-corrected chi connectivity index (χ2v) is 5.48. The SMILES string of the molecule is COC1CNC(C(=O)Nc2ccc(CN(C)C)cc2)C1. The summed E-state index contributed by atoms with van der Waals surface area (Å²) in [4.78, 5) is 14.2. The molecular weight excluding hydrogens is 254 g/mol. The highest BCUT2D eigenvalue weighted by atomic mass is 16.5. The Bertz CT molecular complexity index is 445. The smallest absolute Gasteiger partial charge is 0.241 e. The van der Waals surface area contributed by atoms with Crippen molar-refractivity contribution >= 4 is 11.6 Å². The van der Waals surface area contributed by atoms with Gasteiger partial charge in [-0.2, -0.15) is 0 Å². The van der Waals surface area contributed by atoms with Gasteiger partial charge in [-0.1, -0.05) is 12.1 Å². The third-order valence-electron chi connectivity index (χ3n) is 3.46. The number of hydrogen-bond donors (Lipinski definition) is 2. The standard InChI is InChI=1S/C15H23N3O2/c1-18(2)10-11-4-6-12(7-5-11)17-15(19)14-8-13(20-3)9-16-14/h4-7,13-14,16H,8-10H2,1-3H3,(H,17,19). The molecule has 0 bridgehead atoms. The molecule has 5 nitrogen and oxygen atoms in total. The number of anilines is 1. The summed E-state index contributed by atoms with van der Waals surface area (Å²) in [6.45, 7) is 1.63. The molecule has 1 aromatic carbocycles. The van der Waals surface area contributed by atoms with Crippen LogP contribution in [0.25, 0.3) is 0 Å². The van der Waals surface area contributed by atoms with Crippen molar-refractivity contribution in [1.29, 1.82) is 0 Å². The second kappa shape index (κ2) is 6.83. The first-order chi connectivity index (χ1) is 9.58. The van der Waals surface area contributed by atoms with Crippen LogP contribution >= 0.6 is 0 Å². The topological polar surface area (TPSA) is 53.6 Å². The van der Waals surface area contributed by atoms with Crippen molar-refractivity contribution in [3.8, 4) is 0 Å². The lowest BCUT2D eigenvalue weighted by molar-refractivity contribution is -0.118. The fraction of sp³-hybridized carbons (Fsp3) is 0.533. The summed E-state index contributed by atoms with van der Waals surface area (Å²) in [5.41, 5.74) is 2.06. The number of nitrogens with one attached hydrogen (secondary N) is 2. The van der Waals surface area contributed by atoms with Crippen LogP contribution in [0.3, 0.4) is 0 Å². The molecule has 1 heterocycles. The molecule has 1 fully saturated rings. The van der Waals surface area contributed by atoms with Gasteiger partial charge in [-0.05, 0) is 38.2 Å². The molecule has 2 atom stereocenters. The van der Waals surface area contributed by atoms with E-state index in [1.54, 1.807) is 7.11 Å². The van der Waals surface area contributed by atoms with Gasteiger partial charge in [-0.3, -0.25) is 4.79 Å². The number of nitrogens with zero attached hydrogens (tertiary/aromatic N) is 1. The summed E-state index contributed by atoms with van der Waals surface area (Å²) in [6.07, 6.45) is 0.856. The van der Waals surface area contributed by atoms with Crippen molar-refractivity contribution in [2.24, 2.45) is 0 Å². The van der Waals surface area contributed by atoms with Gasteiger partial charge in [-0.25, -0.2) is 0 Å². The molecule has 0 saturated carbocycles. The number of ether oxygens (including phenoxy) is 1. The summed E-state index contributed by atoms with van der Waals surface area (Å²) in [5, 5.41) is 6.11. The van der Waals surface area contributed by atoms with Crippen LogP contribution in [0.4, 0.5) is 5.69 Å². The molecule has 20 heavy (non-hydrogen) atoms. The molecule has 1 aliphatic rings. The van der Waals surface area contributed by atoms with E-state index in [1.165, 1.54) is 5.56 Å². The molecule has 1 saturated heterocycles. The van der Waals surface area contributed by atoms with Gasteiger partial charge in [-0.15, -0.1) is 0 Å². The van der Waals surface area contributed by atoms with E-state index in [-0.39, 0.29) is 18.1 Å². The van der Waals surface area contributed by atoms with Crippen LogP contribution in [0.15, 0.2) is 24.3 Å². The highest BCUT2D eigenvalue weighted by Gasteiger charge is 2.29. The summed E-state index contributed by atoms with van der Waals surface area (Å²) in [5.74, 6) is 0.00455. The quantitative estimate of drug-likeness (QED) is 0.845. The maximum Gasteiger partial charge on any atom is 0.241 e. The minimum atomic E-state index is -0.165. The largest absolute Gasteiger partial charge is 0.380 e. The van der Waals surface area contributed by atoms with E-state index in [2.05, 4.69) is 15.5 Å². The van der Waals surface area contributed by atoms with Gasteiger partial charge >= 0.3 is 0 Å². The Morgan fingerprint density at radius 1 is 1.40 bits per heavy atom. The fourth-order valence-electron chi connectivity index (χ4n) is 2.37. The van der Waals surface area contributed by atoms with E-state index >= 15 is 0 Å². The fourth-order valence-corrected chi connectivity index (χ4v) is 2.37. The zero-order valence-electron chi connectivity index (χ0n) is 12.3. The summed E-state index contributed by atoms with van der Waals surface area (Å²) < 4.78 is 5.25. The number of carbonyl (C=O) groups excluding carboxylic acids is 1. The van der Waals surface area contributed by atoms with Crippen molar-refractivity contribution in [2.75, 3.05) is 33.1 Å². The molecular formula is C15H23N3O2. The van der Waals surface area contributed by atoms with Crippen molar-refractivity contribution in [3.63, 3.8) is 0 Å². The Kier molecular flexibility index (Phi) is 5.11. The van der Waals surface area contributed by atoms with Crippen LogP contribution in [0, 0.1) is 0 Å². The van der Waals surface area contributed by atoms with Crippen LogP contribution in [0.1, 0.15) is 12.0 Å². The van der Waals surface area contributed by atoms with E-state index in [9.17, 15) is 4.79 Å². The zero-order valence-corrected chi connectivity index (χ0v) is 12.3. The lowest BCUT2D eigenvalue weighted by Gasteiger charge is -2.13. The summed E-state index contributed by atoms with van der Waals surface area (Å²) in [6, 6.07) is 7.80. The lowest BCUT2D eigenvalue weighted by Crippen LogP contribution is -2.35. The average molecular weight is 277 g/mol. The molecule has 1 amide bonds. The predicted molar refractivity (Wildman–Crippen MR) is 79.7 cm³/mol. The Balaban J connectivity index is 1.88. The van der Waals surface area contributed by atoms with Gasteiger partial charge in [0.1, 0.15) is 0 Å². The number of rotatable bonds is 5. The van der Waals surface area contributed by atoms with E-state index in [0.29, 0.717) is 0 Å². The van der Waals surface area contributed by atoms with Gasteiger partial charge in [0.25, 0.3) is 0 Å². The van der Waals surface area contributed by atoms with Crippen LogP contribution in [0.5, 0.6) is 0 Å². The second-order valence-electron chi connectivity index (χ2n) is 5.48. The van der Waals surface area contributed by atoms with Gasteiger partial charge in [0.2, 0.25) is 5.91 Å². The normalized spacial score (nSPS) is 22.2. The first kappa shape index (κ1) is 15.0. The van der Waals surface area contributed by atoms with Crippen molar-refractivity contribution in [1.82, 2.24) is 10.2 Å². The Labute approximate surface area is 120 Å². The average Bonchev–Trinajstić information content (AvgIpc) is 2.89. The van der Waals surface area contributed by atoms with Crippen molar-refractivity contribution in [2.45, 2.75) is 25.1 Å². The van der Waals surface area contributed by atoms with Crippen LogP contribution in [-0.4, -0.2) is 50.7 Å². The predicted octanol–water partition coefficient (Wildman–Crippen LogP) is 1.06. The summed E-state index contributed by atoms with van der Waals surface area (Å²) >= 11 is 0. The molecule has 2 rings (SSSR count). The molecule has 2 N–H and O–H groups in total. The maximum absolute atomic E-state index is 12.1. The number of hydrogen-bond acceptors (Lipinski definition) is 4. The molecule has 110 valence electrons. The van der Waals surface area contributed by atoms with Gasteiger partial charge in [0.15, 0.2) is 0 Å². The van der Waals surface area contributed by atoms with E-state index < -0.39 is 0 Å². The summed E-state index contributed by atoms with van der Waals surface area (Å²) in [7, 11) is 5.75. The number of carbonyl (C=O) groups is 1. The monoisotopic (exact) mass is 277 g/mol. The molecule has 0 aliphatic carbocycles. The molecule has 1 aromatic rings. The van der Waals surface area contributed by atoms with Crippen molar-refractivity contribution in [3.05, 3.63) is 29.8 Å². The first-order valence-electron chi connectivity index (χ1n) is 6.89. The van der Waals surface area contributed by atoms with Crippen LogP contribution in [-0.2, 0) is 16.1 Å². The molecule has 1 aliphatic heterocycles. The molecule has 2 unspecified atom stereocenters. The Morgan fingerprint density at radius 2 is 2.10 bits per heavy atom. The minimum absolute atomic E-state index is 0.00455. The van der Waals surface area contributed by atoms with Gasteiger partial charge < -0.3 is 20.3 Å². The zero-order chi connectivity index (χ0) is 14.5. The van der Waals surface area contributed by atoms with Crippen LogP contribution < -0.4 is 10.6 Å². The van der Waals surface area contributed by atoms with Gasteiger partial charge in [0, 0.05) is 25.9 Å². The van der Waals surface area contributed by atoms with Crippen molar-refractivity contribution < 1.29 is 9.53 Å². The highest BCUT2D eigenvalue weighted by Crippen LogP contribution is 2.14. The molecule has 0 spiro atoms. The van der Waals surface area contributed by atoms with Gasteiger partial charge in [0.05, 0.1) is 12.1 Å². The minimum Gasteiger partial charge on any atom is -0.380 e. The number of amides is 1. The molecule has 5 heteroatoms. The lowest BCUT2D eigenvalue weighted by atomic mass is 10.1. The third kappa shape index (κ3) is 4.03. The van der Waals surface area contributed by atoms with E-state index in [0.717, 1.165) is 25.2 Å². The third-order valence-corrected chi connectivity index (χ3v) is 3.46. The first-order valence-corrected chi connectivity index (χ1v) is 6.89. The molecule has 0 radical (unpaired) electrons. The number of benzene rings is 1. The molecule has 0 aromatic heterocycles. The van der Waals surface area contributed by atoms with Crippen LogP contribution in [0.2, 0.25) is 0 Å². The van der Waals surface area contributed by atoms with E-state index in [4.69, 9.17) is 4.74 Å². The van der Waals surface area contributed by atoms with E-state index in [1.807, 2.05) is 38.4 Å². The highest BCUT2D eigenvalue weighted by molar-refractivity contribution is 5.95. The maximum atomic E-state index is 12.1. The Morgan fingerprint density at radius 3 is 2.65 bits per heavy atom.